The number of rotatable bonds is 4. The van der Waals surface area contributed by atoms with Gasteiger partial charge in [-0.15, -0.1) is 12.4 Å². The summed E-state index contributed by atoms with van der Waals surface area (Å²) in [7, 11) is 0. The molecule has 0 saturated carbocycles. The molecule has 0 aliphatic rings. The Labute approximate surface area is 112 Å². The van der Waals surface area contributed by atoms with Crippen LogP contribution in [0.4, 0.5) is 11.4 Å². The number of benzene rings is 1. The van der Waals surface area contributed by atoms with Crippen molar-refractivity contribution in [1.29, 1.82) is 0 Å². The van der Waals surface area contributed by atoms with Gasteiger partial charge in [-0.2, -0.15) is 0 Å². The number of nitrogen functional groups attached to an aromatic ring is 1. The molecule has 0 saturated heterocycles. The van der Waals surface area contributed by atoms with E-state index in [0.717, 1.165) is 24.8 Å². The number of unbranched alkanes of at least 4 members (excludes halogenated alkanes) is 1. The van der Waals surface area contributed by atoms with Gasteiger partial charge < -0.3 is 15.5 Å². The number of para-hydroxylation sites is 1. The van der Waals surface area contributed by atoms with Crippen molar-refractivity contribution < 1.29 is 4.42 Å². The van der Waals surface area contributed by atoms with Gasteiger partial charge in [-0.25, -0.2) is 4.79 Å². The number of halogens is 1. The molecule has 5 heteroatoms. The van der Waals surface area contributed by atoms with Crippen LogP contribution in [0.15, 0.2) is 33.5 Å². The molecule has 0 fully saturated rings. The van der Waals surface area contributed by atoms with Crippen LogP contribution < -0.4 is 16.7 Å². The molecule has 0 aliphatic heterocycles. The second kappa shape index (κ2) is 6.31. The van der Waals surface area contributed by atoms with E-state index in [0.29, 0.717) is 11.3 Å². The average Bonchev–Trinajstić information content (AvgIpc) is 2.34. The Kier molecular flexibility index (Phi) is 5.04. The van der Waals surface area contributed by atoms with Gasteiger partial charge in [0.15, 0.2) is 0 Å². The molecule has 0 aliphatic carbocycles. The largest absolute Gasteiger partial charge is 0.421 e. The minimum Gasteiger partial charge on any atom is -0.421 e. The average molecular weight is 269 g/mol. The van der Waals surface area contributed by atoms with E-state index in [9.17, 15) is 4.79 Å². The van der Waals surface area contributed by atoms with Gasteiger partial charge in [0.1, 0.15) is 11.3 Å². The second-order valence-corrected chi connectivity index (χ2v) is 3.95. The van der Waals surface area contributed by atoms with Gasteiger partial charge in [0, 0.05) is 11.9 Å². The van der Waals surface area contributed by atoms with Crippen LogP contribution in [-0.2, 0) is 0 Å². The lowest BCUT2D eigenvalue weighted by Gasteiger charge is -2.10. The first-order valence-electron chi connectivity index (χ1n) is 5.79. The normalized spacial score (nSPS) is 10.1. The van der Waals surface area contributed by atoms with Crippen molar-refractivity contribution >= 4 is 34.8 Å². The van der Waals surface area contributed by atoms with Gasteiger partial charge in [-0.3, -0.25) is 0 Å². The number of nitrogens with one attached hydrogen (secondary N) is 1. The van der Waals surface area contributed by atoms with Crippen LogP contribution in [0.2, 0.25) is 0 Å². The summed E-state index contributed by atoms with van der Waals surface area (Å²) in [5.74, 6) is 0. The molecule has 2 aromatic rings. The van der Waals surface area contributed by atoms with Gasteiger partial charge in [-0.05, 0) is 18.6 Å². The first-order chi connectivity index (χ1) is 8.24. The summed E-state index contributed by atoms with van der Waals surface area (Å²) in [6, 6.07) is 7.38. The van der Waals surface area contributed by atoms with Crippen molar-refractivity contribution in [3.8, 4) is 0 Å². The van der Waals surface area contributed by atoms with Crippen molar-refractivity contribution in [2.45, 2.75) is 19.8 Å². The fourth-order valence-electron chi connectivity index (χ4n) is 1.74. The van der Waals surface area contributed by atoms with Crippen LogP contribution in [0.5, 0.6) is 0 Å². The van der Waals surface area contributed by atoms with E-state index in [2.05, 4.69) is 12.2 Å². The molecule has 0 atom stereocenters. The Morgan fingerprint density at radius 2 is 2.06 bits per heavy atom. The topological polar surface area (TPSA) is 68.3 Å². The van der Waals surface area contributed by atoms with Crippen LogP contribution in [0.25, 0.3) is 11.0 Å². The lowest BCUT2D eigenvalue weighted by Crippen LogP contribution is -2.12. The Morgan fingerprint density at radius 3 is 2.78 bits per heavy atom. The molecule has 1 aromatic heterocycles. The molecule has 0 unspecified atom stereocenters. The highest BCUT2D eigenvalue weighted by Gasteiger charge is 2.10. The SMILES string of the molecule is CCCCNc1c(N)c(=O)oc2ccccc12.Cl. The van der Waals surface area contributed by atoms with E-state index >= 15 is 0 Å². The maximum atomic E-state index is 11.6. The molecule has 0 amide bonds. The summed E-state index contributed by atoms with van der Waals surface area (Å²) in [6.45, 7) is 2.91. The second-order valence-electron chi connectivity index (χ2n) is 3.95. The van der Waals surface area contributed by atoms with Crippen molar-refractivity contribution in [2.24, 2.45) is 0 Å². The summed E-state index contributed by atoms with van der Waals surface area (Å²) in [4.78, 5) is 11.6. The molecule has 1 aromatic carbocycles. The zero-order valence-corrected chi connectivity index (χ0v) is 11.0. The Bertz CT molecular complexity index is 581. The van der Waals surface area contributed by atoms with Crippen LogP contribution >= 0.6 is 12.4 Å². The molecule has 0 radical (unpaired) electrons. The van der Waals surface area contributed by atoms with Gasteiger partial charge in [0.2, 0.25) is 0 Å². The predicted molar refractivity (Wildman–Crippen MR) is 77.5 cm³/mol. The molecule has 2 rings (SSSR count). The molecular weight excluding hydrogens is 252 g/mol. The van der Waals surface area contributed by atoms with Crippen LogP contribution in [-0.4, -0.2) is 6.54 Å². The van der Waals surface area contributed by atoms with Crippen LogP contribution in [0.3, 0.4) is 0 Å². The van der Waals surface area contributed by atoms with E-state index in [1.54, 1.807) is 6.07 Å². The zero-order valence-electron chi connectivity index (χ0n) is 10.2. The quantitative estimate of drug-likeness (QED) is 0.661. The molecule has 98 valence electrons. The fraction of sp³-hybridized carbons (Fsp3) is 0.308. The Balaban J connectivity index is 0.00000162. The lowest BCUT2D eigenvalue weighted by atomic mass is 10.2. The molecule has 4 nitrogen and oxygen atoms in total. The highest BCUT2D eigenvalue weighted by atomic mass is 35.5. The highest BCUT2D eigenvalue weighted by molar-refractivity contribution is 5.95. The van der Waals surface area contributed by atoms with Gasteiger partial charge in [0.25, 0.3) is 0 Å². The summed E-state index contributed by atoms with van der Waals surface area (Å²) >= 11 is 0. The van der Waals surface area contributed by atoms with Crippen molar-refractivity contribution in [3.05, 3.63) is 34.7 Å². The number of anilines is 2. The van der Waals surface area contributed by atoms with Gasteiger partial charge >= 0.3 is 5.63 Å². The number of hydrogen-bond donors (Lipinski definition) is 2. The predicted octanol–water partition coefficient (Wildman–Crippen LogP) is 3.01. The smallest absolute Gasteiger partial charge is 0.361 e. The highest BCUT2D eigenvalue weighted by Crippen LogP contribution is 2.26. The maximum Gasteiger partial charge on any atom is 0.361 e. The monoisotopic (exact) mass is 268 g/mol. The summed E-state index contributed by atoms with van der Waals surface area (Å²) in [5, 5.41) is 4.06. The van der Waals surface area contributed by atoms with Crippen molar-refractivity contribution in [1.82, 2.24) is 0 Å². The number of nitrogens with two attached hydrogens (primary N) is 1. The molecular formula is C13H17ClN2O2. The van der Waals surface area contributed by atoms with E-state index in [4.69, 9.17) is 10.2 Å². The maximum absolute atomic E-state index is 11.6. The Morgan fingerprint density at radius 1 is 1.33 bits per heavy atom. The number of hydrogen-bond acceptors (Lipinski definition) is 4. The van der Waals surface area contributed by atoms with E-state index in [-0.39, 0.29) is 18.1 Å². The Hall–Kier alpha value is -1.68. The third-order valence-corrected chi connectivity index (χ3v) is 2.68. The van der Waals surface area contributed by atoms with E-state index in [1.165, 1.54) is 0 Å². The van der Waals surface area contributed by atoms with Crippen molar-refractivity contribution in [3.63, 3.8) is 0 Å². The van der Waals surface area contributed by atoms with Crippen LogP contribution in [0.1, 0.15) is 19.8 Å². The standard InChI is InChI=1S/C13H16N2O2.ClH/c1-2-3-8-15-12-9-6-4-5-7-10(9)17-13(16)11(12)14;/h4-7,15H,2-3,8,14H2,1H3;1H. The number of fused-ring (bicyclic) bond motifs is 1. The summed E-state index contributed by atoms with van der Waals surface area (Å²) < 4.78 is 5.12. The molecule has 0 spiro atoms. The summed E-state index contributed by atoms with van der Waals surface area (Å²) in [5.41, 5.74) is 6.68. The minimum atomic E-state index is -0.484. The summed E-state index contributed by atoms with van der Waals surface area (Å²) in [6.07, 6.45) is 2.13. The molecule has 18 heavy (non-hydrogen) atoms. The lowest BCUT2D eigenvalue weighted by molar-refractivity contribution is 0.564. The fourth-order valence-corrected chi connectivity index (χ4v) is 1.74. The minimum absolute atomic E-state index is 0. The first kappa shape index (κ1) is 14.4. The van der Waals surface area contributed by atoms with Crippen molar-refractivity contribution in [2.75, 3.05) is 17.6 Å². The van der Waals surface area contributed by atoms with Gasteiger partial charge in [0.05, 0.1) is 5.69 Å². The third kappa shape index (κ3) is 2.76. The van der Waals surface area contributed by atoms with Gasteiger partial charge in [-0.1, -0.05) is 25.5 Å². The molecule has 1 heterocycles. The zero-order chi connectivity index (χ0) is 12.3. The molecule has 0 bridgehead atoms. The first-order valence-corrected chi connectivity index (χ1v) is 5.79. The third-order valence-electron chi connectivity index (χ3n) is 2.68. The van der Waals surface area contributed by atoms with E-state index < -0.39 is 5.63 Å². The van der Waals surface area contributed by atoms with E-state index in [1.807, 2.05) is 18.2 Å². The van der Waals surface area contributed by atoms with Crippen LogP contribution in [0, 0.1) is 0 Å². The molecule has 3 N–H and O–H groups in total.